The van der Waals surface area contributed by atoms with Crippen molar-refractivity contribution in [3.8, 4) is 11.5 Å². The maximum atomic E-state index is 13.4. The van der Waals surface area contributed by atoms with E-state index in [-0.39, 0.29) is 24.7 Å². The highest BCUT2D eigenvalue weighted by atomic mass is 16.7. The average Bonchev–Trinajstić information content (AvgIpc) is 3.54. The van der Waals surface area contributed by atoms with E-state index in [9.17, 15) is 9.59 Å². The molecule has 1 aromatic carbocycles. The molecule has 8 heteroatoms. The number of carbonyl (C=O) groups excluding carboxylic acids is 2. The first-order valence-corrected chi connectivity index (χ1v) is 10.3. The number of nitrogens with one attached hydrogen (secondary N) is 1. The third-order valence-corrected chi connectivity index (χ3v) is 6.51. The molecule has 0 saturated carbocycles. The van der Waals surface area contributed by atoms with Crippen LogP contribution in [-0.4, -0.2) is 46.7 Å². The highest BCUT2D eigenvalue weighted by molar-refractivity contribution is 5.93. The van der Waals surface area contributed by atoms with Crippen LogP contribution in [0.3, 0.4) is 0 Å². The Labute approximate surface area is 178 Å². The summed E-state index contributed by atoms with van der Waals surface area (Å²) in [4.78, 5) is 32.2. The molecule has 2 fully saturated rings. The summed E-state index contributed by atoms with van der Waals surface area (Å²) in [5.41, 5.74) is 1.18. The van der Waals surface area contributed by atoms with Crippen LogP contribution in [-0.2, 0) is 27.4 Å². The smallest absolute Gasteiger partial charge is 0.231 e. The van der Waals surface area contributed by atoms with Crippen molar-refractivity contribution in [2.45, 2.75) is 24.8 Å². The normalized spacial score (nSPS) is 29.5. The van der Waals surface area contributed by atoms with E-state index in [2.05, 4.69) is 10.3 Å². The first-order valence-electron chi connectivity index (χ1n) is 10.3. The summed E-state index contributed by atoms with van der Waals surface area (Å²) in [6.45, 7) is 1.47. The van der Waals surface area contributed by atoms with Crippen molar-refractivity contribution < 1.29 is 23.8 Å². The number of likely N-dealkylation sites (tertiary alicyclic amines) is 1. The lowest BCUT2D eigenvalue weighted by atomic mass is 9.77. The van der Waals surface area contributed by atoms with E-state index in [4.69, 9.17) is 14.2 Å². The van der Waals surface area contributed by atoms with Gasteiger partial charge in [0.2, 0.25) is 18.6 Å². The second-order valence-electron chi connectivity index (χ2n) is 8.36. The molecule has 1 spiro atoms. The quantitative estimate of drug-likeness (QED) is 0.737. The zero-order valence-corrected chi connectivity index (χ0v) is 16.7. The highest BCUT2D eigenvalue weighted by Gasteiger charge is 2.66. The minimum Gasteiger partial charge on any atom is -0.454 e. The van der Waals surface area contributed by atoms with E-state index >= 15 is 0 Å². The molecular formula is C23H21N3O5. The number of fused-ring (bicyclic) bond motifs is 2. The molecule has 4 unspecified atom stereocenters. The summed E-state index contributed by atoms with van der Waals surface area (Å²) in [6.07, 6.45) is 6.90. The Balaban J connectivity index is 1.19. The second kappa shape index (κ2) is 6.81. The summed E-state index contributed by atoms with van der Waals surface area (Å²) in [5.74, 6) is 0.163. The summed E-state index contributed by atoms with van der Waals surface area (Å²) < 4.78 is 17.0. The van der Waals surface area contributed by atoms with Crippen LogP contribution in [0.1, 0.15) is 11.1 Å². The molecule has 4 aliphatic heterocycles. The number of hydrogen-bond donors (Lipinski definition) is 1. The van der Waals surface area contributed by atoms with Crippen molar-refractivity contribution in [3.05, 3.63) is 66.0 Å². The summed E-state index contributed by atoms with van der Waals surface area (Å²) >= 11 is 0. The van der Waals surface area contributed by atoms with E-state index in [1.807, 2.05) is 42.5 Å². The van der Waals surface area contributed by atoms with Crippen LogP contribution in [0, 0.1) is 11.8 Å². The SMILES string of the molecule is O=C(NCc1ccncc1)C1C2C=CC3(CN(Cc4ccc5c(c4)OCO5)C(=O)C13)O2. The van der Waals surface area contributed by atoms with Crippen molar-refractivity contribution in [3.63, 3.8) is 0 Å². The monoisotopic (exact) mass is 419 g/mol. The lowest BCUT2D eigenvalue weighted by Crippen LogP contribution is -2.43. The zero-order valence-electron chi connectivity index (χ0n) is 16.7. The Morgan fingerprint density at radius 1 is 1.16 bits per heavy atom. The number of pyridine rings is 1. The molecule has 2 saturated heterocycles. The van der Waals surface area contributed by atoms with E-state index in [0.29, 0.717) is 31.1 Å². The molecule has 2 aromatic rings. The minimum atomic E-state index is -0.725. The van der Waals surface area contributed by atoms with E-state index in [1.54, 1.807) is 17.3 Å². The lowest BCUT2D eigenvalue weighted by molar-refractivity contribution is -0.137. The number of rotatable bonds is 5. The Morgan fingerprint density at radius 2 is 2.00 bits per heavy atom. The fourth-order valence-corrected chi connectivity index (χ4v) is 5.08. The van der Waals surface area contributed by atoms with Gasteiger partial charge in [0.1, 0.15) is 5.60 Å². The van der Waals surface area contributed by atoms with E-state index in [0.717, 1.165) is 11.1 Å². The van der Waals surface area contributed by atoms with Gasteiger partial charge in [-0.2, -0.15) is 0 Å². The van der Waals surface area contributed by atoms with Crippen LogP contribution >= 0.6 is 0 Å². The van der Waals surface area contributed by atoms with Crippen LogP contribution in [0.2, 0.25) is 0 Å². The van der Waals surface area contributed by atoms with Gasteiger partial charge >= 0.3 is 0 Å². The molecule has 31 heavy (non-hydrogen) atoms. The molecule has 0 aliphatic carbocycles. The van der Waals surface area contributed by atoms with Crippen molar-refractivity contribution in [1.82, 2.24) is 15.2 Å². The molecule has 2 bridgehead atoms. The predicted molar refractivity (Wildman–Crippen MR) is 108 cm³/mol. The van der Waals surface area contributed by atoms with Gasteiger partial charge in [-0.25, -0.2) is 0 Å². The molecule has 5 heterocycles. The van der Waals surface area contributed by atoms with Crippen molar-refractivity contribution in [2.24, 2.45) is 11.8 Å². The molecular weight excluding hydrogens is 398 g/mol. The highest BCUT2D eigenvalue weighted by Crippen LogP contribution is 2.52. The molecule has 6 rings (SSSR count). The van der Waals surface area contributed by atoms with Gasteiger partial charge in [-0.15, -0.1) is 0 Å². The lowest BCUT2D eigenvalue weighted by Gasteiger charge is -2.23. The topological polar surface area (TPSA) is 90.0 Å². The minimum absolute atomic E-state index is 0.0476. The second-order valence-corrected chi connectivity index (χ2v) is 8.36. The van der Waals surface area contributed by atoms with Crippen LogP contribution in [0.5, 0.6) is 11.5 Å². The Bertz CT molecular complexity index is 1090. The fraction of sp³-hybridized carbons (Fsp3) is 0.348. The van der Waals surface area contributed by atoms with Gasteiger partial charge in [0.25, 0.3) is 0 Å². The number of amides is 2. The number of ether oxygens (including phenoxy) is 3. The Morgan fingerprint density at radius 3 is 2.87 bits per heavy atom. The summed E-state index contributed by atoms with van der Waals surface area (Å²) in [7, 11) is 0. The van der Waals surface area contributed by atoms with Crippen LogP contribution in [0.4, 0.5) is 0 Å². The summed E-state index contributed by atoms with van der Waals surface area (Å²) in [5, 5.41) is 2.97. The molecule has 158 valence electrons. The van der Waals surface area contributed by atoms with E-state index < -0.39 is 17.4 Å². The maximum absolute atomic E-state index is 13.4. The molecule has 1 N–H and O–H groups in total. The number of hydrogen-bond acceptors (Lipinski definition) is 6. The van der Waals surface area contributed by atoms with Gasteiger partial charge in [0, 0.05) is 25.5 Å². The van der Waals surface area contributed by atoms with Gasteiger partial charge < -0.3 is 24.4 Å². The Hall–Kier alpha value is -3.39. The first-order chi connectivity index (χ1) is 15.1. The zero-order chi connectivity index (χ0) is 21.0. The molecule has 4 atom stereocenters. The van der Waals surface area contributed by atoms with E-state index in [1.165, 1.54) is 0 Å². The van der Waals surface area contributed by atoms with Gasteiger partial charge in [0.05, 0.1) is 24.5 Å². The third-order valence-electron chi connectivity index (χ3n) is 6.51. The molecule has 0 radical (unpaired) electrons. The van der Waals surface area contributed by atoms with Gasteiger partial charge in [-0.3, -0.25) is 14.6 Å². The van der Waals surface area contributed by atoms with Crippen molar-refractivity contribution >= 4 is 11.8 Å². The van der Waals surface area contributed by atoms with Crippen LogP contribution < -0.4 is 14.8 Å². The number of aromatic nitrogens is 1. The fourth-order valence-electron chi connectivity index (χ4n) is 5.08. The molecule has 1 aromatic heterocycles. The molecule has 8 nitrogen and oxygen atoms in total. The summed E-state index contributed by atoms with van der Waals surface area (Å²) in [6, 6.07) is 9.39. The number of carbonyl (C=O) groups is 2. The number of nitrogens with zero attached hydrogens (tertiary/aromatic N) is 2. The first kappa shape index (κ1) is 18.4. The third kappa shape index (κ3) is 2.90. The van der Waals surface area contributed by atoms with Crippen molar-refractivity contribution in [2.75, 3.05) is 13.3 Å². The number of benzene rings is 1. The van der Waals surface area contributed by atoms with Gasteiger partial charge in [-0.05, 0) is 35.4 Å². The standard InChI is InChI=1S/C23H21N3O5/c27-21(25-10-14-4-7-24-8-5-14)19-17-3-6-23(31-17)12-26(22(28)20(19)23)11-15-1-2-16-18(9-15)30-13-29-16/h1-9,17,19-20H,10-13H2,(H,25,27). The predicted octanol–water partition coefficient (Wildman–Crippen LogP) is 1.41. The van der Waals surface area contributed by atoms with Gasteiger partial charge in [0.15, 0.2) is 11.5 Å². The largest absolute Gasteiger partial charge is 0.454 e. The van der Waals surface area contributed by atoms with Crippen molar-refractivity contribution in [1.29, 1.82) is 0 Å². The average molecular weight is 419 g/mol. The maximum Gasteiger partial charge on any atom is 0.231 e. The molecule has 2 amide bonds. The Kier molecular flexibility index (Phi) is 4.04. The van der Waals surface area contributed by atoms with Crippen LogP contribution in [0.15, 0.2) is 54.9 Å². The van der Waals surface area contributed by atoms with Gasteiger partial charge in [-0.1, -0.05) is 18.2 Å². The molecule has 4 aliphatic rings. The van der Waals surface area contributed by atoms with Crippen LogP contribution in [0.25, 0.3) is 0 Å².